The van der Waals surface area contributed by atoms with Crippen LogP contribution in [0.3, 0.4) is 0 Å². The number of hydrogen-bond acceptors (Lipinski definition) is 4. The van der Waals surface area contributed by atoms with Gasteiger partial charge in [0.25, 0.3) is 5.91 Å². The zero-order chi connectivity index (χ0) is 19.4. The Bertz CT molecular complexity index is 946. The molecule has 6 nitrogen and oxygen atoms in total. The Morgan fingerprint density at radius 2 is 1.74 bits per heavy atom. The Labute approximate surface area is 158 Å². The summed E-state index contributed by atoms with van der Waals surface area (Å²) in [6.07, 6.45) is 1.60. The number of nitrogens with zero attached hydrogens (tertiary/aromatic N) is 2. The molecule has 3 aromatic rings. The molecule has 2 aromatic carbocycles. The Morgan fingerprint density at radius 3 is 2.41 bits per heavy atom. The monoisotopic (exact) mass is 365 g/mol. The third kappa shape index (κ3) is 3.95. The maximum Gasteiger partial charge on any atom is 0.255 e. The van der Waals surface area contributed by atoms with Crippen molar-refractivity contribution in [3.8, 4) is 17.2 Å². The summed E-state index contributed by atoms with van der Waals surface area (Å²) in [4.78, 5) is 12.6. The van der Waals surface area contributed by atoms with Gasteiger partial charge in [0, 0.05) is 6.54 Å². The summed E-state index contributed by atoms with van der Waals surface area (Å²) in [5.74, 6) is 1.12. The molecule has 1 amide bonds. The van der Waals surface area contributed by atoms with E-state index in [0.717, 1.165) is 16.9 Å². The molecule has 1 heterocycles. The van der Waals surface area contributed by atoms with Crippen molar-refractivity contribution in [3.05, 3.63) is 71.0 Å². The molecule has 0 spiro atoms. The molecule has 0 aliphatic heterocycles. The Balaban J connectivity index is 1.73. The average molecular weight is 365 g/mol. The fourth-order valence-electron chi connectivity index (χ4n) is 2.85. The molecule has 0 aliphatic rings. The van der Waals surface area contributed by atoms with Crippen LogP contribution in [0.4, 0.5) is 0 Å². The van der Waals surface area contributed by atoms with Crippen LogP contribution in [0.25, 0.3) is 5.69 Å². The molecule has 1 N–H and O–H groups in total. The van der Waals surface area contributed by atoms with E-state index in [-0.39, 0.29) is 5.91 Å². The summed E-state index contributed by atoms with van der Waals surface area (Å²) in [6.45, 7) is 4.30. The second-order valence-electron chi connectivity index (χ2n) is 6.26. The SMILES string of the molecule is COc1ccc(CNC(=O)c2cnn(-c3ccc(C)cc3)c2C)cc1OC. The molecule has 140 valence electrons. The van der Waals surface area contributed by atoms with Crippen molar-refractivity contribution in [2.75, 3.05) is 14.2 Å². The highest BCUT2D eigenvalue weighted by atomic mass is 16.5. The van der Waals surface area contributed by atoms with Crippen LogP contribution in [0.2, 0.25) is 0 Å². The topological polar surface area (TPSA) is 65.4 Å². The minimum atomic E-state index is -0.166. The van der Waals surface area contributed by atoms with E-state index >= 15 is 0 Å². The molecular formula is C21H23N3O3. The number of nitrogens with one attached hydrogen (secondary N) is 1. The zero-order valence-corrected chi connectivity index (χ0v) is 15.9. The van der Waals surface area contributed by atoms with E-state index in [2.05, 4.69) is 10.4 Å². The lowest BCUT2D eigenvalue weighted by atomic mass is 10.2. The molecule has 0 atom stereocenters. The van der Waals surface area contributed by atoms with E-state index < -0.39 is 0 Å². The summed E-state index contributed by atoms with van der Waals surface area (Å²) in [6, 6.07) is 13.6. The van der Waals surface area contributed by atoms with E-state index in [0.29, 0.717) is 23.6 Å². The molecular weight excluding hydrogens is 342 g/mol. The molecule has 3 rings (SSSR count). The number of aryl methyl sites for hydroxylation is 1. The largest absolute Gasteiger partial charge is 0.493 e. The summed E-state index contributed by atoms with van der Waals surface area (Å²) in [5.41, 5.74) is 4.37. The molecule has 0 fully saturated rings. The number of methoxy groups -OCH3 is 2. The van der Waals surface area contributed by atoms with Crippen LogP contribution in [-0.2, 0) is 6.54 Å². The Kier molecular flexibility index (Phi) is 5.45. The number of aromatic nitrogens is 2. The number of hydrogen-bond donors (Lipinski definition) is 1. The number of carbonyl (C=O) groups excluding carboxylic acids is 1. The third-order valence-corrected chi connectivity index (χ3v) is 4.43. The first-order chi connectivity index (χ1) is 13.0. The average Bonchev–Trinajstić information content (AvgIpc) is 3.08. The number of rotatable bonds is 6. The number of benzene rings is 2. The second kappa shape index (κ2) is 7.95. The van der Waals surface area contributed by atoms with Gasteiger partial charge in [-0.3, -0.25) is 4.79 Å². The quantitative estimate of drug-likeness (QED) is 0.727. The maximum absolute atomic E-state index is 12.6. The number of amides is 1. The van der Waals surface area contributed by atoms with Gasteiger partial charge in [-0.2, -0.15) is 5.10 Å². The number of ether oxygens (including phenoxy) is 2. The lowest BCUT2D eigenvalue weighted by Gasteiger charge is -2.10. The van der Waals surface area contributed by atoms with E-state index in [9.17, 15) is 4.79 Å². The van der Waals surface area contributed by atoms with Gasteiger partial charge >= 0.3 is 0 Å². The first-order valence-corrected chi connectivity index (χ1v) is 8.64. The minimum absolute atomic E-state index is 0.166. The fourth-order valence-corrected chi connectivity index (χ4v) is 2.85. The van der Waals surface area contributed by atoms with Crippen LogP contribution in [0.5, 0.6) is 11.5 Å². The lowest BCUT2D eigenvalue weighted by molar-refractivity contribution is 0.0950. The van der Waals surface area contributed by atoms with Gasteiger partial charge in [0.15, 0.2) is 11.5 Å². The van der Waals surface area contributed by atoms with Gasteiger partial charge in [0.05, 0.1) is 37.4 Å². The summed E-state index contributed by atoms with van der Waals surface area (Å²) in [5, 5.41) is 7.29. The smallest absolute Gasteiger partial charge is 0.255 e. The predicted molar refractivity (Wildman–Crippen MR) is 104 cm³/mol. The van der Waals surface area contributed by atoms with Gasteiger partial charge in [0.2, 0.25) is 0 Å². The molecule has 0 saturated carbocycles. The van der Waals surface area contributed by atoms with Gasteiger partial charge in [-0.05, 0) is 43.7 Å². The van der Waals surface area contributed by atoms with Crippen molar-refractivity contribution in [2.24, 2.45) is 0 Å². The van der Waals surface area contributed by atoms with Gasteiger partial charge < -0.3 is 14.8 Å². The Morgan fingerprint density at radius 1 is 1.04 bits per heavy atom. The van der Waals surface area contributed by atoms with Crippen molar-refractivity contribution in [1.82, 2.24) is 15.1 Å². The second-order valence-corrected chi connectivity index (χ2v) is 6.26. The van der Waals surface area contributed by atoms with Crippen LogP contribution in [0.1, 0.15) is 27.2 Å². The third-order valence-electron chi connectivity index (χ3n) is 4.43. The highest BCUT2D eigenvalue weighted by Gasteiger charge is 2.15. The van der Waals surface area contributed by atoms with E-state index in [1.165, 1.54) is 5.56 Å². The molecule has 0 unspecified atom stereocenters. The van der Waals surface area contributed by atoms with E-state index in [1.807, 2.05) is 56.3 Å². The van der Waals surface area contributed by atoms with Crippen LogP contribution >= 0.6 is 0 Å². The standard InChI is InChI=1S/C21H23N3O3/c1-14-5-8-17(9-6-14)24-15(2)18(13-23-24)21(25)22-12-16-7-10-19(26-3)20(11-16)27-4/h5-11,13H,12H2,1-4H3,(H,22,25). The maximum atomic E-state index is 12.6. The molecule has 0 aliphatic carbocycles. The Hall–Kier alpha value is -3.28. The van der Waals surface area contributed by atoms with Crippen molar-refractivity contribution in [2.45, 2.75) is 20.4 Å². The van der Waals surface area contributed by atoms with Gasteiger partial charge in [-0.15, -0.1) is 0 Å². The predicted octanol–water partition coefficient (Wildman–Crippen LogP) is 3.44. The summed E-state index contributed by atoms with van der Waals surface area (Å²) < 4.78 is 12.3. The van der Waals surface area contributed by atoms with E-state index in [4.69, 9.17) is 9.47 Å². The number of carbonyl (C=O) groups is 1. The van der Waals surface area contributed by atoms with E-state index in [1.54, 1.807) is 25.1 Å². The molecule has 6 heteroatoms. The van der Waals surface area contributed by atoms with Crippen molar-refractivity contribution >= 4 is 5.91 Å². The summed E-state index contributed by atoms with van der Waals surface area (Å²) in [7, 11) is 3.18. The highest BCUT2D eigenvalue weighted by Crippen LogP contribution is 2.27. The minimum Gasteiger partial charge on any atom is -0.493 e. The van der Waals surface area contributed by atoms with Gasteiger partial charge in [-0.25, -0.2) is 4.68 Å². The van der Waals surface area contributed by atoms with Crippen LogP contribution in [-0.4, -0.2) is 29.9 Å². The molecule has 1 aromatic heterocycles. The lowest BCUT2D eigenvalue weighted by Crippen LogP contribution is -2.23. The molecule has 0 bridgehead atoms. The first kappa shape index (κ1) is 18.5. The van der Waals surface area contributed by atoms with Gasteiger partial charge in [-0.1, -0.05) is 23.8 Å². The molecule has 27 heavy (non-hydrogen) atoms. The molecule has 0 radical (unpaired) electrons. The van der Waals surface area contributed by atoms with Gasteiger partial charge in [0.1, 0.15) is 0 Å². The summed E-state index contributed by atoms with van der Waals surface area (Å²) >= 11 is 0. The zero-order valence-electron chi connectivity index (χ0n) is 15.9. The highest BCUT2D eigenvalue weighted by molar-refractivity contribution is 5.95. The first-order valence-electron chi connectivity index (χ1n) is 8.64. The van der Waals surface area contributed by atoms with Crippen molar-refractivity contribution in [3.63, 3.8) is 0 Å². The van der Waals surface area contributed by atoms with Crippen molar-refractivity contribution < 1.29 is 14.3 Å². The fraction of sp³-hybridized carbons (Fsp3) is 0.238. The van der Waals surface area contributed by atoms with Crippen molar-refractivity contribution in [1.29, 1.82) is 0 Å². The van der Waals surface area contributed by atoms with Crippen LogP contribution < -0.4 is 14.8 Å². The van der Waals surface area contributed by atoms with Crippen LogP contribution in [0, 0.1) is 13.8 Å². The normalized spacial score (nSPS) is 10.5. The van der Waals surface area contributed by atoms with Crippen LogP contribution in [0.15, 0.2) is 48.7 Å². The molecule has 0 saturated heterocycles.